The lowest BCUT2D eigenvalue weighted by Gasteiger charge is -2.37. The van der Waals surface area contributed by atoms with Crippen molar-refractivity contribution in [1.82, 2.24) is 4.90 Å². The molecule has 2 fully saturated rings. The standard InChI is InChI=1S/C20H21N3O5/c24-19(22-10-8-20(9-11-22)27-12-13-28-20)15-6-7-17(18(14-15)23(25)26)21-16-4-2-1-3-5-16/h1-7,14,21H,8-13H2. The monoisotopic (exact) mass is 383 g/mol. The van der Waals surface area contributed by atoms with Crippen molar-refractivity contribution in [1.29, 1.82) is 0 Å². The molecule has 1 spiro atoms. The lowest BCUT2D eigenvalue weighted by molar-refractivity contribution is -0.383. The van der Waals surface area contributed by atoms with E-state index in [1.807, 2.05) is 30.3 Å². The van der Waals surface area contributed by atoms with E-state index in [2.05, 4.69) is 5.32 Å². The molecule has 0 atom stereocenters. The van der Waals surface area contributed by atoms with E-state index in [0.717, 1.165) is 5.69 Å². The van der Waals surface area contributed by atoms with Crippen molar-refractivity contribution in [2.75, 3.05) is 31.6 Å². The third kappa shape index (κ3) is 3.69. The van der Waals surface area contributed by atoms with Gasteiger partial charge in [0.1, 0.15) is 5.69 Å². The van der Waals surface area contributed by atoms with Gasteiger partial charge in [-0.05, 0) is 24.3 Å². The van der Waals surface area contributed by atoms with Crippen LogP contribution in [0.3, 0.4) is 0 Å². The van der Waals surface area contributed by atoms with E-state index in [9.17, 15) is 14.9 Å². The molecule has 1 N–H and O–H groups in total. The summed E-state index contributed by atoms with van der Waals surface area (Å²) in [5.41, 5.74) is 1.25. The zero-order valence-electron chi connectivity index (χ0n) is 15.3. The Labute approximate surface area is 162 Å². The van der Waals surface area contributed by atoms with Gasteiger partial charge in [0.25, 0.3) is 11.6 Å². The largest absolute Gasteiger partial charge is 0.350 e. The van der Waals surface area contributed by atoms with Crippen molar-refractivity contribution in [3.8, 4) is 0 Å². The molecule has 146 valence electrons. The molecule has 2 aromatic rings. The molecule has 2 saturated heterocycles. The van der Waals surface area contributed by atoms with Crippen molar-refractivity contribution in [2.45, 2.75) is 18.6 Å². The number of rotatable bonds is 4. The summed E-state index contributed by atoms with van der Waals surface area (Å²) in [6.45, 7) is 2.15. The second-order valence-electron chi connectivity index (χ2n) is 6.88. The van der Waals surface area contributed by atoms with Crippen LogP contribution in [-0.4, -0.2) is 47.8 Å². The Morgan fingerprint density at radius 1 is 1.07 bits per heavy atom. The first kappa shape index (κ1) is 18.4. The maximum atomic E-state index is 12.8. The number of amides is 1. The van der Waals surface area contributed by atoms with Gasteiger partial charge in [0.15, 0.2) is 5.79 Å². The molecule has 0 bridgehead atoms. The first-order valence-electron chi connectivity index (χ1n) is 9.24. The Hall–Kier alpha value is -2.97. The molecule has 8 heteroatoms. The summed E-state index contributed by atoms with van der Waals surface area (Å²) < 4.78 is 11.4. The van der Waals surface area contributed by atoms with E-state index in [1.165, 1.54) is 6.07 Å². The van der Waals surface area contributed by atoms with Crippen LogP contribution in [-0.2, 0) is 9.47 Å². The van der Waals surface area contributed by atoms with Gasteiger partial charge in [0.05, 0.1) is 18.1 Å². The van der Waals surface area contributed by atoms with Crippen molar-refractivity contribution >= 4 is 23.0 Å². The first-order valence-corrected chi connectivity index (χ1v) is 9.24. The number of carbonyl (C=O) groups is 1. The first-order chi connectivity index (χ1) is 13.6. The van der Waals surface area contributed by atoms with Gasteiger partial charge >= 0.3 is 0 Å². The van der Waals surface area contributed by atoms with Crippen molar-refractivity contribution in [3.05, 3.63) is 64.2 Å². The van der Waals surface area contributed by atoms with Gasteiger partial charge in [0.2, 0.25) is 0 Å². The summed E-state index contributed by atoms with van der Waals surface area (Å²) in [4.78, 5) is 25.6. The molecule has 1 amide bonds. The Morgan fingerprint density at radius 2 is 1.75 bits per heavy atom. The predicted molar refractivity (Wildman–Crippen MR) is 103 cm³/mol. The van der Waals surface area contributed by atoms with E-state index < -0.39 is 10.7 Å². The van der Waals surface area contributed by atoms with Crippen molar-refractivity contribution in [2.24, 2.45) is 0 Å². The number of anilines is 2. The number of likely N-dealkylation sites (tertiary alicyclic amines) is 1. The number of nitro benzene ring substituents is 1. The van der Waals surface area contributed by atoms with Crippen LogP contribution in [0, 0.1) is 10.1 Å². The lowest BCUT2D eigenvalue weighted by Crippen LogP contribution is -2.47. The van der Waals surface area contributed by atoms with Gasteiger partial charge in [-0.25, -0.2) is 0 Å². The summed E-state index contributed by atoms with van der Waals surface area (Å²) >= 11 is 0. The summed E-state index contributed by atoms with van der Waals surface area (Å²) in [7, 11) is 0. The molecule has 4 rings (SSSR count). The van der Waals surface area contributed by atoms with Crippen LogP contribution in [0.1, 0.15) is 23.2 Å². The van der Waals surface area contributed by atoms with Gasteiger partial charge in [-0.3, -0.25) is 14.9 Å². The molecule has 8 nitrogen and oxygen atoms in total. The number of para-hydroxylation sites is 1. The molecule has 2 aliphatic rings. The molecule has 0 radical (unpaired) electrons. The average Bonchev–Trinajstić information content (AvgIpc) is 3.17. The Bertz CT molecular complexity index is 871. The Balaban J connectivity index is 1.51. The number of hydrogen-bond donors (Lipinski definition) is 1. The fourth-order valence-corrected chi connectivity index (χ4v) is 3.62. The smallest absolute Gasteiger partial charge is 0.293 e. The molecule has 28 heavy (non-hydrogen) atoms. The zero-order valence-corrected chi connectivity index (χ0v) is 15.3. The van der Waals surface area contributed by atoms with Crippen LogP contribution >= 0.6 is 0 Å². The summed E-state index contributed by atoms with van der Waals surface area (Å²) in [5.74, 6) is -0.783. The SMILES string of the molecule is O=C(c1ccc(Nc2ccccc2)c([N+](=O)[O-])c1)N1CCC2(CC1)OCCO2. The predicted octanol–water partition coefficient (Wildman–Crippen LogP) is 3.32. The Morgan fingerprint density at radius 3 is 2.39 bits per heavy atom. The molecule has 0 aromatic heterocycles. The van der Waals surface area contributed by atoms with E-state index >= 15 is 0 Å². The second-order valence-corrected chi connectivity index (χ2v) is 6.88. The quantitative estimate of drug-likeness (QED) is 0.643. The van der Waals surface area contributed by atoms with Crippen LogP contribution in [0.4, 0.5) is 17.1 Å². The average molecular weight is 383 g/mol. The molecular formula is C20H21N3O5. The van der Waals surface area contributed by atoms with Crippen LogP contribution in [0.15, 0.2) is 48.5 Å². The zero-order chi connectivity index (χ0) is 19.6. The van der Waals surface area contributed by atoms with Crippen molar-refractivity contribution < 1.29 is 19.2 Å². The number of nitrogens with zero attached hydrogens (tertiary/aromatic N) is 2. The lowest BCUT2D eigenvalue weighted by atomic mass is 10.0. The third-order valence-corrected chi connectivity index (χ3v) is 5.12. The topological polar surface area (TPSA) is 93.9 Å². The molecule has 0 unspecified atom stereocenters. The number of carbonyl (C=O) groups excluding carboxylic acids is 1. The van der Waals surface area contributed by atoms with Gasteiger partial charge in [-0.1, -0.05) is 18.2 Å². The Kier molecular flexibility index (Phi) is 4.97. The highest BCUT2D eigenvalue weighted by Gasteiger charge is 2.41. The number of ether oxygens (including phenoxy) is 2. The number of hydrogen-bond acceptors (Lipinski definition) is 6. The van der Waals surface area contributed by atoms with E-state index in [0.29, 0.717) is 50.4 Å². The van der Waals surface area contributed by atoms with Crippen LogP contribution in [0.5, 0.6) is 0 Å². The summed E-state index contributed by atoms with van der Waals surface area (Å²) in [5, 5.41) is 14.6. The molecule has 2 aromatic carbocycles. The summed E-state index contributed by atoms with van der Waals surface area (Å²) in [6.07, 6.45) is 1.21. The molecule has 0 aliphatic carbocycles. The fraction of sp³-hybridized carbons (Fsp3) is 0.350. The van der Waals surface area contributed by atoms with Gasteiger partial charge < -0.3 is 19.7 Å². The number of piperidine rings is 1. The number of nitrogens with one attached hydrogen (secondary N) is 1. The normalized spacial score (nSPS) is 18.2. The van der Waals surface area contributed by atoms with Gasteiger partial charge in [-0.2, -0.15) is 0 Å². The van der Waals surface area contributed by atoms with E-state index in [1.54, 1.807) is 17.0 Å². The van der Waals surface area contributed by atoms with Gasteiger partial charge in [-0.15, -0.1) is 0 Å². The molecule has 2 aliphatic heterocycles. The van der Waals surface area contributed by atoms with Crippen LogP contribution in [0.25, 0.3) is 0 Å². The van der Waals surface area contributed by atoms with Crippen LogP contribution in [0.2, 0.25) is 0 Å². The maximum Gasteiger partial charge on any atom is 0.293 e. The third-order valence-electron chi connectivity index (χ3n) is 5.12. The minimum atomic E-state index is -0.563. The second kappa shape index (κ2) is 7.57. The highest BCUT2D eigenvalue weighted by atomic mass is 16.7. The number of benzene rings is 2. The van der Waals surface area contributed by atoms with E-state index in [-0.39, 0.29) is 11.6 Å². The highest BCUT2D eigenvalue weighted by Crippen LogP contribution is 2.33. The molecule has 2 heterocycles. The maximum absolute atomic E-state index is 12.8. The minimum absolute atomic E-state index is 0.134. The highest BCUT2D eigenvalue weighted by molar-refractivity contribution is 5.96. The molecular weight excluding hydrogens is 362 g/mol. The summed E-state index contributed by atoms with van der Waals surface area (Å²) in [6, 6.07) is 13.7. The van der Waals surface area contributed by atoms with Crippen molar-refractivity contribution in [3.63, 3.8) is 0 Å². The number of nitro groups is 1. The van der Waals surface area contributed by atoms with Gasteiger partial charge in [0, 0.05) is 43.2 Å². The minimum Gasteiger partial charge on any atom is -0.350 e. The van der Waals surface area contributed by atoms with E-state index in [4.69, 9.17) is 9.47 Å². The molecule has 0 saturated carbocycles. The fourth-order valence-electron chi connectivity index (χ4n) is 3.62. The van der Waals surface area contributed by atoms with Crippen LogP contribution < -0.4 is 5.32 Å².